The van der Waals surface area contributed by atoms with E-state index in [0.29, 0.717) is 18.6 Å². The summed E-state index contributed by atoms with van der Waals surface area (Å²) in [6.45, 7) is 4.16. The summed E-state index contributed by atoms with van der Waals surface area (Å²) < 4.78 is 0. The molecule has 0 aliphatic rings. The molecule has 0 aromatic heterocycles. The van der Waals surface area contributed by atoms with E-state index >= 15 is 0 Å². The smallest absolute Gasteiger partial charge is 0.220 e. The molecular weight excluding hydrogens is 851 g/mol. The van der Waals surface area contributed by atoms with Crippen LogP contribution in [0.4, 0.5) is 0 Å². The first-order valence-corrected chi connectivity index (χ1v) is 31.1. The van der Waals surface area contributed by atoms with Gasteiger partial charge in [-0.15, -0.1) is 0 Å². The molecule has 0 heterocycles. The Balaban J connectivity index is 3.42. The number of Topliss-reactive ketones (excluding diaryl/α,β-unsaturated/α-hetero) is 1. The van der Waals surface area contributed by atoms with E-state index in [1.807, 2.05) is 0 Å². The van der Waals surface area contributed by atoms with Crippen molar-refractivity contribution in [2.45, 2.75) is 360 Å². The number of hydrogen-bond donors (Lipinski definition) is 4. The van der Waals surface area contributed by atoms with Crippen LogP contribution in [0.3, 0.4) is 0 Å². The molecule has 0 spiro atoms. The fourth-order valence-electron chi connectivity index (χ4n) is 9.93. The highest BCUT2D eigenvalue weighted by molar-refractivity contribution is 5.78. The lowest BCUT2D eigenvalue weighted by molar-refractivity contribution is -0.124. The molecule has 408 valence electrons. The number of unbranched alkanes of at least 4 members (excludes halogenated alkanes) is 43. The van der Waals surface area contributed by atoms with Crippen LogP contribution in [-0.2, 0) is 9.59 Å². The molecule has 0 saturated heterocycles. The highest BCUT2D eigenvalue weighted by atomic mass is 16.3. The number of hydrogen-bond acceptors (Lipinski definition) is 5. The highest BCUT2D eigenvalue weighted by Crippen LogP contribution is 2.19. The van der Waals surface area contributed by atoms with E-state index in [4.69, 9.17) is 0 Å². The molecule has 3 atom stereocenters. The number of allylic oxidation sites excluding steroid dienone is 4. The second-order valence-corrected chi connectivity index (χ2v) is 21.6. The monoisotopic (exact) mass is 972 g/mol. The molecule has 0 aromatic rings. The fourth-order valence-corrected chi connectivity index (χ4v) is 9.93. The van der Waals surface area contributed by atoms with Gasteiger partial charge >= 0.3 is 0 Å². The van der Waals surface area contributed by atoms with Gasteiger partial charge < -0.3 is 20.6 Å². The summed E-state index contributed by atoms with van der Waals surface area (Å²) in [4.78, 5) is 24.8. The highest BCUT2D eigenvalue weighted by Gasteiger charge is 2.26. The van der Waals surface area contributed by atoms with Crippen LogP contribution in [0.2, 0.25) is 0 Å². The number of rotatable bonds is 58. The van der Waals surface area contributed by atoms with Gasteiger partial charge in [0.05, 0.1) is 18.8 Å². The molecule has 0 aromatic carbocycles. The van der Waals surface area contributed by atoms with Crippen LogP contribution < -0.4 is 5.32 Å². The van der Waals surface area contributed by atoms with Crippen molar-refractivity contribution >= 4 is 11.7 Å². The molecule has 6 heteroatoms. The third-order valence-corrected chi connectivity index (χ3v) is 14.7. The second kappa shape index (κ2) is 57.4. The first-order valence-electron chi connectivity index (χ1n) is 31.1. The summed E-state index contributed by atoms with van der Waals surface area (Å²) in [5.41, 5.74) is 0. The Morgan fingerprint density at radius 1 is 0.377 bits per heavy atom. The average molecular weight is 973 g/mol. The standard InChI is InChI=1S/C63H121NO5/c1-3-5-7-9-11-13-15-17-28-31-34-38-42-46-50-54-59(66)55-51-47-43-39-35-32-29-26-24-22-20-18-19-21-23-25-27-30-33-37-41-45-49-53-57-62(68)64-60(58-65)63(69)61(67)56-52-48-44-40-36-16-14-12-10-8-6-4-2/h13,15,17,28,60-61,63,65,67,69H,3-12,14,16,18-27,29-58H2,1-2H3,(H,64,68)/b15-13+,28-17+/t60-,61+,63-/m0/s1. The topological polar surface area (TPSA) is 107 Å². The van der Waals surface area contributed by atoms with E-state index in [2.05, 4.69) is 43.5 Å². The Hall–Kier alpha value is -1.50. The summed E-state index contributed by atoms with van der Waals surface area (Å²) in [6, 6.07) is -0.811. The van der Waals surface area contributed by atoms with Crippen LogP contribution in [-0.4, -0.2) is 51.9 Å². The number of carbonyl (C=O) groups excluding carboxylic acids is 2. The number of carbonyl (C=O) groups is 2. The van der Waals surface area contributed by atoms with E-state index < -0.39 is 18.2 Å². The second-order valence-electron chi connectivity index (χ2n) is 21.6. The Bertz CT molecular complexity index is 1090. The number of nitrogens with one attached hydrogen (secondary N) is 1. The minimum Gasteiger partial charge on any atom is -0.394 e. The summed E-state index contributed by atoms with van der Waals surface area (Å²) in [5, 5.41) is 33.7. The maximum absolute atomic E-state index is 12.5. The van der Waals surface area contributed by atoms with Gasteiger partial charge in [-0.3, -0.25) is 9.59 Å². The van der Waals surface area contributed by atoms with Crippen molar-refractivity contribution in [3.8, 4) is 0 Å². The molecule has 0 aliphatic heterocycles. The average Bonchev–Trinajstić information content (AvgIpc) is 3.35. The Labute approximate surface area is 430 Å². The predicted molar refractivity (Wildman–Crippen MR) is 301 cm³/mol. The summed E-state index contributed by atoms with van der Waals surface area (Å²) in [5.74, 6) is 0.351. The lowest BCUT2D eigenvalue weighted by atomic mass is 9.99. The zero-order chi connectivity index (χ0) is 50.2. The van der Waals surface area contributed by atoms with E-state index in [9.17, 15) is 24.9 Å². The maximum atomic E-state index is 12.5. The lowest BCUT2D eigenvalue weighted by Crippen LogP contribution is -2.50. The molecule has 0 bridgehead atoms. The molecule has 4 N–H and O–H groups in total. The number of ketones is 1. The van der Waals surface area contributed by atoms with Crippen LogP contribution in [0.15, 0.2) is 24.3 Å². The first kappa shape index (κ1) is 67.5. The van der Waals surface area contributed by atoms with Crippen molar-refractivity contribution in [2.24, 2.45) is 0 Å². The maximum Gasteiger partial charge on any atom is 0.220 e. The Morgan fingerprint density at radius 3 is 0.986 bits per heavy atom. The van der Waals surface area contributed by atoms with Crippen LogP contribution in [0, 0.1) is 0 Å². The largest absolute Gasteiger partial charge is 0.394 e. The molecule has 0 aliphatic carbocycles. The van der Waals surface area contributed by atoms with E-state index in [1.54, 1.807) is 0 Å². The molecule has 6 nitrogen and oxygen atoms in total. The molecule has 0 radical (unpaired) electrons. The SMILES string of the molecule is CCCCCC/C=C/C=C/CCCCCCCC(=O)CCCCCCCCCCCCCCCCCCCCCCCCCCC(=O)N[C@@H](CO)[C@H](O)[C@H](O)CCCCCCCCCCCCCC. The number of aliphatic hydroxyl groups is 3. The zero-order valence-corrected chi connectivity index (χ0v) is 46.5. The third kappa shape index (κ3) is 52.6. The van der Waals surface area contributed by atoms with Gasteiger partial charge in [0.25, 0.3) is 0 Å². The summed E-state index contributed by atoms with van der Waals surface area (Å²) in [7, 11) is 0. The van der Waals surface area contributed by atoms with Crippen LogP contribution in [0.1, 0.15) is 341 Å². The van der Waals surface area contributed by atoms with Crippen molar-refractivity contribution < 1.29 is 24.9 Å². The van der Waals surface area contributed by atoms with Gasteiger partial charge in [0.1, 0.15) is 11.9 Å². The quantitative estimate of drug-likeness (QED) is 0.0359. The molecule has 69 heavy (non-hydrogen) atoms. The van der Waals surface area contributed by atoms with Gasteiger partial charge in [0.15, 0.2) is 0 Å². The van der Waals surface area contributed by atoms with E-state index in [1.165, 1.54) is 250 Å². The molecule has 0 unspecified atom stereocenters. The van der Waals surface area contributed by atoms with Crippen molar-refractivity contribution in [3.05, 3.63) is 24.3 Å². The van der Waals surface area contributed by atoms with Crippen molar-refractivity contribution in [1.82, 2.24) is 5.32 Å². The van der Waals surface area contributed by atoms with Crippen LogP contribution >= 0.6 is 0 Å². The van der Waals surface area contributed by atoms with Crippen LogP contribution in [0.5, 0.6) is 0 Å². The molecule has 0 saturated carbocycles. The van der Waals surface area contributed by atoms with Crippen molar-refractivity contribution in [1.29, 1.82) is 0 Å². The van der Waals surface area contributed by atoms with Gasteiger partial charge in [0, 0.05) is 19.3 Å². The minimum absolute atomic E-state index is 0.145. The molecule has 0 fully saturated rings. The van der Waals surface area contributed by atoms with Gasteiger partial charge in [-0.1, -0.05) is 295 Å². The fraction of sp³-hybridized carbons (Fsp3) is 0.905. The Kier molecular flexibility index (Phi) is 56.2. The van der Waals surface area contributed by atoms with Crippen molar-refractivity contribution in [2.75, 3.05) is 6.61 Å². The van der Waals surface area contributed by atoms with Crippen molar-refractivity contribution in [3.63, 3.8) is 0 Å². The van der Waals surface area contributed by atoms with E-state index in [-0.39, 0.29) is 12.5 Å². The van der Waals surface area contributed by atoms with Gasteiger partial charge in [-0.05, 0) is 51.4 Å². The third-order valence-electron chi connectivity index (χ3n) is 14.7. The summed E-state index contributed by atoms with van der Waals surface area (Å²) in [6.07, 6.45) is 69.7. The molecular formula is C63H121NO5. The predicted octanol–water partition coefficient (Wildman–Crippen LogP) is 18.8. The molecule has 1 amide bonds. The van der Waals surface area contributed by atoms with Gasteiger partial charge in [-0.25, -0.2) is 0 Å². The van der Waals surface area contributed by atoms with E-state index in [0.717, 1.165) is 64.2 Å². The summed E-state index contributed by atoms with van der Waals surface area (Å²) >= 11 is 0. The molecule has 0 rings (SSSR count). The first-order chi connectivity index (χ1) is 34.0. The number of amides is 1. The minimum atomic E-state index is -1.14. The van der Waals surface area contributed by atoms with Gasteiger partial charge in [0.2, 0.25) is 5.91 Å². The van der Waals surface area contributed by atoms with Gasteiger partial charge in [-0.2, -0.15) is 0 Å². The normalized spacial score (nSPS) is 13.2. The van der Waals surface area contributed by atoms with Crippen LogP contribution in [0.25, 0.3) is 0 Å². The zero-order valence-electron chi connectivity index (χ0n) is 46.5. The lowest BCUT2D eigenvalue weighted by Gasteiger charge is -2.26. The number of aliphatic hydroxyl groups excluding tert-OH is 3. The Morgan fingerprint density at radius 2 is 0.652 bits per heavy atom.